The van der Waals surface area contributed by atoms with E-state index in [4.69, 9.17) is 5.11 Å². The lowest BCUT2D eigenvalue weighted by Gasteiger charge is -2.27. The first-order valence-electron chi connectivity index (χ1n) is 6.78. The van der Waals surface area contributed by atoms with Crippen LogP contribution in [0.25, 0.3) is 5.57 Å². The monoisotopic (exact) mass is 268 g/mol. The van der Waals surface area contributed by atoms with Crippen molar-refractivity contribution in [3.63, 3.8) is 0 Å². The minimum absolute atomic E-state index is 0.120. The van der Waals surface area contributed by atoms with E-state index in [2.05, 4.69) is 29.8 Å². The summed E-state index contributed by atoms with van der Waals surface area (Å²) >= 11 is 0. The highest BCUT2D eigenvalue weighted by molar-refractivity contribution is 5.79. The number of benzene rings is 1. The summed E-state index contributed by atoms with van der Waals surface area (Å²) in [6.07, 6.45) is 6.46. The number of allylic oxidation sites excluding steroid dienone is 3. The first-order chi connectivity index (χ1) is 9.80. The van der Waals surface area contributed by atoms with Crippen LogP contribution in [0.3, 0.4) is 0 Å². The minimum atomic E-state index is 0.120. The molecule has 0 saturated carbocycles. The first kappa shape index (κ1) is 14.3. The molecule has 0 unspecified atom stereocenters. The van der Waals surface area contributed by atoms with Gasteiger partial charge in [0, 0.05) is 24.2 Å². The zero-order chi connectivity index (χ0) is 14.4. The Kier molecular flexibility index (Phi) is 4.91. The molecule has 1 aromatic carbocycles. The number of nitrogens with zero attached hydrogens (tertiary/aromatic N) is 2. The molecule has 1 heterocycles. The van der Waals surface area contributed by atoms with Crippen molar-refractivity contribution in [2.75, 3.05) is 13.2 Å². The van der Waals surface area contributed by atoms with E-state index in [1.807, 2.05) is 36.1 Å². The van der Waals surface area contributed by atoms with E-state index in [1.54, 1.807) is 6.34 Å². The number of aliphatic hydroxyl groups is 1. The molecule has 20 heavy (non-hydrogen) atoms. The second-order valence-corrected chi connectivity index (χ2v) is 4.55. The second-order valence-electron chi connectivity index (χ2n) is 4.55. The summed E-state index contributed by atoms with van der Waals surface area (Å²) in [5, 5.41) is 9.07. The van der Waals surface area contributed by atoms with Crippen LogP contribution in [-0.4, -0.2) is 29.5 Å². The summed E-state index contributed by atoms with van der Waals surface area (Å²) in [6, 6.07) is 10.2. The van der Waals surface area contributed by atoms with E-state index in [-0.39, 0.29) is 6.61 Å². The Balaban J connectivity index is 2.39. The molecule has 2 rings (SSSR count). The number of aliphatic hydroxyl groups excluding tert-OH is 1. The van der Waals surface area contributed by atoms with Crippen molar-refractivity contribution < 1.29 is 5.11 Å². The predicted molar refractivity (Wildman–Crippen MR) is 84.2 cm³/mol. The zero-order valence-electron chi connectivity index (χ0n) is 11.8. The zero-order valence-corrected chi connectivity index (χ0v) is 11.8. The van der Waals surface area contributed by atoms with Gasteiger partial charge < -0.3 is 10.0 Å². The van der Waals surface area contributed by atoms with Crippen LogP contribution < -0.4 is 0 Å². The first-order valence-corrected chi connectivity index (χ1v) is 6.78. The lowest BCUT2D eigenvalue weighted by Crippen LogP contribution is -2.27. The van der Waals surface area contributed by atoms with Gasteiger partial charge in [-0.05, 0) is 12.5 Å². The van der Waals surface area contributed by atoms with E-state index >= 15 is 0 Å². The Morgan fingerprint density at radius 1 is 1.40 bits per heavy atom. The fraction of sp³-hybridized carbons (Fsp3) is 0.235. The third kappa shape index (κ3) is 3.06. The summed E-state index contributed by atoms with van der Waals surface area (Å²) in [6.45, 7) is 6.62. The van der Waals surface area contributed by atoms with Crippen LogP contribution in [0.4, 0.5) is 0 Å². The van der Waals surface area contributed by atoms with Crippen LogP contribution in [-0.2, 0) is 0 Å². The molecule has 0 radical (unpaired) electrons. The van der Waals surface area contributed by atoms with Gasteiger partial charge in [0.2, 0.25) is 0 Å². The molecule has 104 valence electrons. The predicted octanol–water partition coefficient (Wildman–Crippen LogP) is 3.21. The van der Waals surface area contributed by atoms with Gasteiger partial charge in [-0.25, -0.2) is 4.99 Å². The normalized spacial score (nSPS) is 19.3. The van der Waals surface area contributed by atoms with E-state index in [9.17, 15) is 0 Å². The van der Waals surface area contributed by atoms with Gasteiger partial charge in [-0.1, -0.05) is 49.1 Å². The lowest BCUT2D eigenvalue weighted by molar-refractivity contribution is 0.265. The molecular weight excluding hydrogens is 248 g/mol. The molecule has 1 aromatic rings. The minimum Gasteiger partial charge on any atom is -0.395 e. The Labute approximate surface area is 120 Å². The molecule has 1 N–H and O–H groups in total. The van der Waals surface area contributed by atoms with Gasteiger partial charge in [-0.15, -0.1) is 0 Å². The van der Waals surface area contributed by atoms with E-state index in [0.29, 0.717) is 6.54 Å². The van der Waals surface area contributed by atoms with Crippen molar-refractivity contribution in [2.45, 2.75) is 13.3 Å². The summed E-state index contributed by atoms with van der Waals surface area (Å²) < 4.78 is 0. The summed E-state index contributed by atoms with van der Waals surface area (Å²) in [5.74, 6) is 0. The number of β-amino-alcohol motifs (C(OH)–C–C–N with tert-alkyl or cyclic N) is 1. The molecule has 0 aliphatic carbocycles. The molecule has 0 spiro atoms. The second kappa shape index (κ2) is 6.87. The van der Waals surface area contributed by atoms with Crippen LogP contribution in [0, 0.1) is 0 Å². The van der Waals surface area contributed by atoms with Crippen LogP contribution in [0.2, 0.25) is 0 Å². The maximum atomic E-state index is 9.07. The highest BCUT2D eigenvalue weighted by Gasteiger charge is 2.16. The van der Waals surface area contributed by atoms with Crippen LogP contribution in [0.1, 0.15) is 18.9 Å². The number of aliphatic imine (C=N–C) groups is 1. The fourth-order valence-corrected chi connectivity index (χ4v) is 2.29. The molecule has 0 atom stereocenters. The number of rotatable bonds is 4. The molecule has 1 aliphatic heterocycles. The maximum Gasteiger partial charge on any atom is 0.0951 e. The highest BCUT2D eigenvalue weighted by Crippen LogP contribution is 2.28. The van der Waals surface area contributed by atoms with Gasteiger partial charge >= 0.3 is 0 Å². The van der Waals surface area contributed by atoms with Gasteiger partial charge in [0.25, 0.3) is 0 Å². The van der Waals surface area contributed by atoms with Crippen molar-refractivity contribution in [2.24, 2.45) is 4.99 Å². The molecule has 0 saturated heterocycles. The number of hydrogen-bond donors (Lipinski definition) is 1. The Hall–Kier alpha value is -2.13. The summed E-state index contributed by atoms with van der Waals surface area (Å²) in [7, 11) is 0. The van der Waals surface area contributed by atoms with Gasteiger partial charge in [-0.2, -0.15) is 0 Å². The van der Waals surface area contributed by atoms with E-state index in [0.717, 1.165) is 29.0 Å². The Morgan fingerprint density at radius 3 is 2.75 bits per heavy atom. The molecule has 0 amide bonds. The molecule has 0 fully saturated rings. The molecular formula is C17H20N2O. The largest absolute Gasteiger partial charge is 0.395 e. The topological polar surface area (TPSA) is 35.8 Å². The van der Waals surface area contributed by atoms with Crippen molar-refractivity contribution in [3.05, 3.63) is 66.0 Å². The molecule has 3 nitrogen and oxygen atoms in total. The average Bonchev–Trinajstić information content (AvgIpc) is 2.50. The van der Waals surface area contributed by atoms with Crippen molar-refractivity contribution >= 4 is 11.9 Å². The third-order valence-corrected chi connectivity index (χ3v) is 3.34. The highest BCUT2D eigenvalue weighted by atomic mass is 16.3. The van der Waals surface area contributed by atoms with Crippen molar-refractivity contribution in [1.29, 1.82) is 0 Å². The molecule has 1 aliphatic rings. The molecule has 3 heteroatoms. The number of hydrogen-bond acceptors (Lipinski definition) is 3. The van der Waals surface area contributed by atoms with Gasteiger partial charge in [-0.3, -0.25) is 0 Å². The van der Waals surface area contributed by atoms with Crippen LogP contribution >= 0.6 is 0 Å². The van der Waals surface area contributed by atoms with Crippen LogP contribution in [0.15, 0.2) is 65.4 Å². The molecule has 0 aromatic heterocycles. The quantitative estimate of drug-likeness (QED) is 0.910. The fourth-order valence-electron chi connectivity index (χ4n) is 2.29. The van der Waals surface area contributed by atoms with Gasteiger partial charge in [0.15, 0.2) is 0 Å². The summed E-state index contributed by atoms with van der Waals surface area (Å²) in [4.78, 5) is 6.51. The third-order valence-electron chi connectivity index (χ3n) is 3.34. The average molecular weight is 268 g/mol. The van der Waals surface area contributed by atoms with Gasteiger partial charge in [0.05, 0.1) is 18.6 Å². The SMILES string of the molecule is C=C/C(=C1\C/C(=C\C)N(CCO)C=N1)c1ccccc1. The molecule has 0 bridgehead atoms. The van der Waals surface area contributed by atoms with Crippen LogP contribution in [0.5, 0.6) is 0 Å². The smallest absolute Gasteiger partial charge is 0.0951 e. The maximum absolute atomic E-state index is 9.07. The van der Waals surface area contributed by atoms with Crippen molar-refractivity contribution in [3.8, 4) is 0 Å². The van der Waals surface area contributed by atoms with E-state index < -0.39 is 0 Å². The Bertz CT molecular complexity index is 556. The van der Waals surface area contributed by atoms with Crippen molar-refractivity contribution in [1.82, 2.24) is 4.90 Å². The Morgan fingerprint density at radius 2 is 2.15 bits per heavy atom. The lowest BCUT2D eigenvalue weighted by atomic mass is 10.0. The standard InChI is InChI=1S/C17H20N2O/c1-3-15-12-17(18-13-19(15)10-11-20)16(4-2)14-8-6-5-7-9-14/h3-9,13,20H,2,10-12H2,1H3/b15-3+,17-16-. The van der Waals surface area contributed by atoms with E-state index in [1.165, 1.54) is 0 Å². The summed E-state index contributed by atoms with van der Waals surface area (Å²) in [5.41, 5.74) is 4.35. The van der Waals surface area contributed by atoms with Gasteiger partial charge in [0.1, 0.15) is 0 Å².